The van der Waals surface area contributed by atoms with Gasteiger partial charge in [-0.2, -0.15) is 0 Å². The molecule has 3 amide bonds. The van der Waals surface area contributed by atoms with Crippen molar-refractivity contribution in [3.05, 3.63) is 35.4 Å². The van der Waals surface area contributed by atoms with E-state index in [1.165, 1.54) is 11.1 Å². The number of benzene rings is 1. The highest BCUT2D eigenvalue weighted by molar-refractivity contribution is 5.78. The number of hydrogen-bond donors (Lipinski definition) is 2. The molecule has 1 aromatic rings. The summed E-state index contributed by atoms with van der Waals surface area (Å²) in [6.45, 7) is 3.90. The van der Waals surface area contributed by atoms with Crippen LogP contribution in [0.3, 0.4) is 0 Å². The zero-order chi connectivity index (χ0) is 15.2. The Hall–Kier alpha value is -2.04. The highest BCUT2D eigenvalue weighted by atomic mass is 16.2. The standard InChI is InChI=1S/C16H23N3O2/c1-12-4-2-3-5-13(12)6-9-18-16(21)19-10-7-14(8-11-19)15(17)20/h2-5,14H,6-11H2,1H3,(H2,17,20)(H,18,21). The zero-order valence-corrected chi connectivity index (χ0v) is 12.5. The van der Waals surface area contributed by atoms with E-state index in [2.05, 4.69) is 24.4 Å². The lowest BCUT2D eigenvalue weighted by atomic mass is 9.96. The summed E-state index contributed by atoms with van der Waals surface area (Å²) >= 11 is 0. The Morgan fingerprint density at radius 1 is 1.29 bits per heavy atom. The maximum atomic E-state index is 12.0. The number of nitrogens with zero attached hydrogens (tertiary/aromatic N) is 1. The van der Waals surface area contributed by atoms with Crippen molar-refractivity contribution in [2.75, 3.05) is 19.6 Å². The molecule has 5 heteroatoms. The molecule has 0 spiro atoms. The van der Waals surface area contributed by atoms with E-state index in [1.807, 2.05) is 12.1 Å². The van der Waals surface area contributed by atoms with Gasteiger partial charge in [-0.1, -0.05) is 24.3 Å². The Bertz CT molecular complexity index is 508. The van der Waals surface area contributed by atoms with E-state index in [1.54, 1.807) is 4.90 Å². The Kier molecular flexibility index (Phi) is 5.20. The average Bonchev–Trinajstić information content (AvgIpc) is 2.49. The van der Waals surface area contributed by atoms with Gasteiger partial charge in [0.15, 0.2) is 0 Å². The molecule has 0 bridgehead atoms. The van der Waals surface area contributed by atoms with Crippen LogP contribution in [-0.4, -0.2) is 36.5 Å². The lowest BCUT2D eigenvalue weighted by Crippen LogP contribution is -2.46. The molecule has 21 heavy (non-hydrogen) atoms. The van der Waals surface area contributed by atoms with E-state index < -0.39 is 0 Å². The maximum absolute atomic E-state index is 12.0. The van der Waals surface area contributed by atoms with Crippen molar-refractivity contribution >= 4 is 11.9 Å². The van der Waals surface area contributed by atoms with Crippen LogP contribution in [0.2, 0.25) is 0 Å². The highest BCUT2D eigenvalue weighted by Crippen LogP contribution is 2.16. The minimum atomic E-state index is -0.255. The van der Waals surface area contributed by atoms with E-state index in [4.69, 9.17) is 5.73 Å². The van der Waals surface area contributed by atoms with Gasteiger partial charge in [0.1, 0.15) is 0 Å². The maximum Gasteiger partial charge on any atom is 0.317 e. The fraction of sp³-hybridized carbons (Fsp3) is 0.500. The number of amides is 3. The molecular weight excluding hydrogens is 266 g/mol. The van der Waals surface area contributed by atoms with Crippen LogP contribution >= 0.6 is 0 Å². The van der Waals surface area contributed by atoms with Gasteiger partial charge in [0.25, 0.3) is 0 Å². The SMILES string of the molecule is Cc1ccccc1CCNC(=O)N1CCC(C(N)=O)CC1. The van der Waals surface area contributed by atoms with Crippen molar-refractivity contribution in [1.29, 1.82) is 0 Å². The molecule has 3 N–H and O–H groups in total. The number of rotatable bonds is 4. The number of hydrogen-bond acceptors (Lipinski definition) is 2. The van der Waals surface area contributed by atoms with Crippen LogP contribution in [0.1, 0.15) is 24.0 Å². The lowest BCUT2D eigenvalue weighted by Gasteiger charge is -2.30. The lowest BCUT2D eigenvalue weighted by molar-refractivity contribution is -0.123. The summed E-state index contributed by atoms with van der Waals surface area (Å²) in [7, 11) is 0. The first-order valence-corrected chi connectivity index (χ1v) is 7.44. The van der Waals surface area contributed by atoms with Crippen molar-refractivity contribution in [2.24, 2.45) is 11.7 Å². The molecule has 0 aliphatic carbocycles. The smallest absolute Gasteiger partial charge is 0.317 e. The molecule has 114 valence electrons. The number of aryl methyl sites for hydroxylation is 1. The third-order valence-electron chi connectivity index (χ3n) is 4.12. The Morgan fingerprint density at radius 2 is 1.95 bits per heavy atom. The Balaban J connectivity index is 1.73. The van der Waals surface area contributed by atoms with E-state index in [-0.39, 0.29) is 17.9 Å². The molecule has 1 aliphatic rings. The number of carbonyl (C=O) groups is 2. The molecule has 0 aromatic heterocycles. The van der Waals surface area contributed by atoms with Crippen molar-refractivity contribution < 1.29 is 9.59 Å². The van der Waals surface area contributed by atoms with E-state index in [0.717, 1.165) is 6.42 Å². The van der Waals surface area contributed by atoms with Gasteiger partial charge in [-0.3, -0.25) is 4.79 Å². The van der Waals surface area contributed by atoms with Crippen LogP contribution in [0.25, 0.3) is 0 Å². The molecule has 0 saturated carbocycles. The van der Waals surface area contributed by atoms with Crippen LogP contribution in [0.5, 0.6) is 0 Å². The van der Waals surface area contributed by atoms with Gasteiger partial charge >= 0.3 is 6.03 Å². The molecule has 0 atom stereocenters. The van der Waals surface area contributed by atoms with Gasteiger partial charge in [-0.25, -0.2) is 4.79 Å². The van der Waals surface area contributed by atoms with Crippen LogP contribution in [-0.2, 0) is 11.2 Å². The second kappa shape index (κ2) is 7.11. The molecule has 1 aliphatic heterocycles. The number of piperidine rings is 1. The number of carbonyl (C=O) groups excluding carboxylic acids is 2. The van der Waals surface area contributed by atoms with Gasteiger partial charge in [0.05, 0.1) is 0 Å². The summed E-state index contributed by atoms with van der Waals surface area (Å²) in [5.74, 6) is -0.337. The normalized spacial score (nSPS) is 15.8. The third kappa shape index (κ3) is 4.21. The van der Waals surface area contributed by atoms with Gasteiger partial charge < -0.3 is 16.0 Å². The molecule has 0 radical (unpaired) electrons. The number of nitrogens with one attached hydrogen (secondary N) is 1. The molecular formula is C16H23N3O2. The fourth-order valence-corrected chi connectivity index (χ4v) is 2.67. The number of urea groups is 1. The van der Waals surface area contributed by atoms with E-state index in [9.17, 15) is 9.59 Å². The minimum Gasteiger partial charge on any atom is -0.369 e. The van der Waals surface area contributed by atoms with Crippen molar-refractivity contribution in [3.63, 3.8) is 0 Å². The first-order chi connectivity index (χ1) is 10.1. The van der Waals surface area contributed by atoms with Crippen LogP contribution < -0.4 is 11.1 Å². The van der Waals surface area contributed by atoms with Crippen LogP contribution in [0.4, 0.5) is 4.79 Å². The molecule has 0 unspecified atom stereocenters. The number of primary amides is 1. The Labute approximate surface area is 125 Å². The van der Waals surface area contributed by atoms with Gasteiger partial charge in [-0.05, 0) is 37.3 Å². The van der Waals surface area contributed by atoms with Crippen LogP contribution in [0, 0.1) is 12.8 Å². The van der Waals surface area contributed by atoms with Crippen molar-refractivity contribution in [2.45, 2.75) is 26.2 Å². The molecule has 1 saturated heterocycles. The largest absolute Gasteiger partial charge is 0.369 e. The molecule has 2 rings (SSSR count). The average molecular weight is 289 g/mol. The highest BCUT2D eigenvalue weighted by Gasteiger charge is 2.25. The summed E-state index contributed by atoms with van der Waals surface area (Å²) in [6.07, 6.45) is 2.16. The van der Waals surface area contributed by atoms with Gasteiger partial charge in [0, 0.05) is 25.6 Å². The van der Waals surface area contributed by atoms with E-state index >= 15 is 0 Å². The fourth-order valence-electron chi connectivity index (χ4n) is 2.67. The predicted octanol–water partition coefficient (Wildman–Crippen LogP) is 1.44. The van der Waals surface area contributed by atoms with Crippen LogP contribution in [0.15, 0.2) is 24.3 Å². The third-order valence-corrected chi connectivity index (χ3v) is 4.12. The molecule has 5 nitrogen and oxygen atoms in total. The first-order valence-electron chi connectivity index (χ1n) is 7.44. The van der Waals surface area contributed by atoms with Gasteiger partial charge in [-0.15, -0.1) is 0 Å². The summed E-state index contributed by atoms with van der Waals surface area (Å²) in [5.41, 5.74) is 7.79. The van der Waals surface area contributed by atoms with E-state index in [0.29, 0.717) is 32.5 Å². The second-order valence-corrected chi connectivity index (χ2v) is 5.57. The first kappa shape index (κ1) is 15.4. The van der Waals surface area contributed by atoms with Crippen molar-refractivity contribution in [1.82, 2.24) is 10.2 Å². The summed E-state index contributed by atoms with van der Waals surface area (Å²) in [4.78, 5) is 24.9. The minimum absolute atomic E-state index is 0.0495. The number of likely N-dealkylation sites (tertiary alicyclic amines) is 1. The second-order valence-electron chi connectivity index (χ2n) is 5.57. The van der Waals surface area contributed by atoms with Crippen molar-refractivity contribution in [3.8, 4) is 0 Å². The molecule has 1 heterocycles. The summed E-state index contributed by atoms with van der Waals surface area (Å²) < 4.78 is 0. The van der Waals surface area contributed by atoms with Gasteiger partial charge in [0.2, 0.25) is 5.91 Å². The molecule has 1 fully saturated rings. The summed E-state index contributed by atoms with van der Waals surface area (Å²) in [6, 6.07) is 8.14. The topological polar surface area (TPSA) is 75.4 Å². The summed E-state index contributed by atoms with van der Waals surface area (Å²) in [5, 5.41) is 2.94. The quantitative estimate of drug-likeness (QED) is 0.880. The zero-order valence-electron chi connectivity index (χ0n) is 12.5. The predicted molar refractivity (Wildman–Crippen MR) is 81.8 cm³/mol. The number of nitrogens with two attached hydrogens (primary N) is 1. The monoisotopic (exact) mass is 289 g/mol. The Morgan fingerprint density at radius 3 is 2.57 bits per heavy atom. The molecule has 1 aromatic carbocycles.